The number of rotatable bonds is 2. The third-order valence-electron chi connectivity index (χ3n) is 8.41. The maximum Gasteiger partial charge on any atom is 0.190 e. The Balaban J connectivity index is 1.75. The number of aliphatic hydroxyl groups excluding tert-OH is 1. The number of allylic oxidation sites excluding steroid dienone is 1. The largest absolute Gasteiger partial charge is 0.388 e. The molecule has 0 heterocycles. The number of hydrogen-bond donors (Lipinski definition) is 2. The number of carbonyl (C=O) groups excluding carboxylic acids is 3. The standard InChI is InChI=1S/C21H28O5/c1-19-7-5-13(23)9-12(19)3-4-14-15-6-8-21(26,17(25)11-22)20(15,2)10-16(24)18(14)19/h9,14-15,18,22,26H,3-8,10-11H2,1-2H3/t14-,15-,18+,19-,20-,21-/m0/s1/i5+1,7+1,9+1,18+1. The van der Waals surface area contributed by atoms with Crippen LogP contribution in [0.3, 0.4) is 0 Å². The highest BCUT2D eigenvalue weighted by atomic mass is 16.3. The fourth-order valence-electron chi connectivity index (χ4n) is 6.98. The van der Waals surface area contributed by atoms with Crippen LogP contribution in [-0.2, 0) is 14.4 Å². The van der Waals surface area contributed by atoms with Gasteiger partial charge in [-0.2, -0.15) is 0 Å². The zero-order chi connectivity index (χ0) is 18.9. The van der Waals surface area contributed by atoms with Gasteiger partial charge in [-0.15, -0.1) is 0 Å². The van der Waals surface area contributed by atoms with Crippen molar-refractivity contribution < 1.29 is 24.6 Å². The van der Waals surface area contributed by atoms with Crippen LogP contribution < -0.4 is 0 Å². The molecule has 4 aliphatic rings. The molecule has 0 saturated heterocycles. The van der Waals surface area contributed by atoms with Crippen molar-refractivity contribution in [3.63, 3.8) is 0 Å². The van der Waals surface area contributed by atoms with E-state index in [0.29, 0.717) is 25.7 Å². The van der Waals surface area contributed by atoms with E-state index in [9.17, 15) is 24.6 Å². The summed E-state index contributed by atoms with van der Waals surface area (Å²) in [5.74, 6) is -0.172. The van der Waals surface area contributed by atoms with Crippen molar-refractivity contribution >= 4 is 17.3 Å². The normalized spacial score (nSPS) is 47.7. The van der Waals surface area contributed by atoms with Gasteiger partial charge in [0.2, 0.25) is 0 Å². The minimum atomic E-state index is -1.60. The van der Waals surface area contributed by atoms with Crippen LogP contribution in [0.5, 0.6) is 0 Å². The molecule has 0 aromatic heterocycles. The van der Waals surface area contributed by atoms with Crippen LogP contribution >= 0.6 is 0 Å². The molecule has 0 bridgehead atoms. The van der Waals surface area contributed by atoms with E-state index >= 15 is 0 Å². The van der Waals surface area contributed by atoms with E-state index in [1.807, 2.05) is 6.92 Å². The summed E-state index contributed by atoms with van der Waals surface area (Å²) >= 11 is 0. The Labute approximate surface area is 153 Å². The van der Waals surface area contributed by atoms with Crippen LogP contribution in [0.2, 0.25) is 0 Å². The third kappa shape index (κ3) is 2.07. The van der Waals surface area contributed by atoms with E-state index in [2.05, 4.69) is 6.92 Å². The van der Waals surface area contributed by atoms with E-state index in [1.54, 1.807) is 6.08 Å². The summed E-state index contributed by atoms with van der Waals surface area (Å²) < 4.78 is 0. The molecule has 3 fully saturated rings. The molecule has 0 unspecified atom stereocenters. The Bertz CT molecular complexity index is 724. The lowest BCUT2D eigenvalue weighted by Gasteiger charge is -2.57. The predicted molar refractivity (Wildman–Crippen MR) is 94.1 cm³/mol. The summed E-state index contributed by atoms with van der Waals surface area (Å²) in [6.07, 6.45) is 5.83. The van der Waals surface area contributed by atoms with Crippen LogP contribution in [0.15, 0.2) is 11.6 Å². The fraction of sp³-hybridized carbons (Fsp3) is 0.762. The summed E-state index contributed by atoms with van der Waals surface area (Å²) in [5.41, 5.74) is -1.55. The first-order valence-corrected chi connectivity index (χ1v) is 9.80. The molecule has 0 aromatic carbocycles. The molecule has 4 aliphatic carbocycles. The molecule has 0 radical (unpaired) electrons. The van der Waals surface area contributed by atoms with Crippen LogP contribution in [0, 0.1) is 28.6 Å². The highest BCUT2D eigenvalue weighted by Gasteiger charge is 2.68. The zero-order valence-corrected chi connectivity index (χ0v) is 15.6. The van der Waals surface area contributed by atoms with Gasteiger partial charge in [0.1, 0.15) is 18.0 Å². The lowest BCUT2D eigenvalue weighted by atomic mass is 9.57. The summed E-state index contributed by atoms with van der Waals surface area (Å²) in [4.78, 5) is 37.5. The van der Waals surface area contributed by atoms with Gasteiger partial charge in [-0.1, -0.05) is 19.4 Å². The molecule has 0 spiro atoms. The first-order chi connectivity index (χ1) is 12.2. The number of fused-ring (bicyclic) bond motifs is 5. The summed E-state index contributed by atoms with van der Waals surface area (Å²) in [7, 11) is 0. The minimum Gasteiger partial charge on any atom is -0.388 e. The fourth-order valence-corrected chi connectivity index (χ4v) is 6.98. The lowest BCUT2D eigenvalue weighted by Crippen LogP contribution is -2.60. The van der Waals surface area contributed by atoms with E-state index in [-0.39, 0.29) is 41.2 Å². The second-order valence-electron chi connectivity index (χ2n) is 9.38. The average Bonchev–Trinajstić information content (AvgIpc) is 2.86. The van der Waals surface area contributed by atoms with Crippen molar-refractivity contribution in [3.05, 3.63) is 11.6 Å². The van der Waals surface area contributed by atoms with Gasteiger partial charge in [0.15, 0.2) is 11.6 Å². The van der Waals surface area contributed by atoms with E-state index in [4.69, 9.17) is 0 Å². The topological polar surface area (TPSA) is 91.7 Å². The molecule has 2 N–H and O–H groups in total. The van der Waals surface area contributed by atoms with Crippen LogP contribution in [0.25, 0.3) is 0 Å². The molecule has 26 heavy (non-hydrogen) atoms. The Hall–Kier alpha value is -1.33. The van der Waals surface area contributed by atoms with Crippen molar-refractivity contribution in [2.75, 3.05) is 6.61 Å². The molecule has 6 atom stereocenters. The Kier molecular flexibility index (Phi) is 3.88. The summed E-state index contributed by atoms with van der Waals surface area (Å²) in [6, 6.07) is 0. The van der Waals surface area contributed by atoms with Gasteiger partial charge < -0.3 is 10.2 Å². The van der Waals surface area contributed by atoms with Gasteiger partial charge in [-0.25, -0.2) is 0 Å². The number of ketones is 3. The van der Waals surface area contributed by atoms with Crippen molar-refractivity contribution in [2.24, 2.45) is 28.6 Å². The van der Waals surface area contributed by atoms with Crippen LogP contribution in [0.1, 0.15) is 58.8 Å². The highest BCUT2D eigenvalue weighted by Crippen LogP contribution is 2.66. The maximum atomic E-state index is 13.3. The van der Waals surface area contributed by atoms with E-state index < -0.39 is 23.4 Å². The molecule has 3 saturated carbocycles. The molecule has 142 valence electrons. The number of aliphatic hydroxyl groups is 2. The van der Waals surface area contributed by atoms with Gasteiger partial charge >= 0.3 is 0 Å². The first kappa shape index (κ1) is 18.1. The SMILES string of the molecule is C[C@]12[13CH2][13CH2]C(=O)[13CH]=C1CC[C@H]1[C@@H]3CC[C@](O)(C(=O)CO)[C@@]3(C)CC(=O)[13C@@H]12. The zero-order valence-electron chi connectivity index (χ0n) is 15.6. The average molecular weight is 364 g/mol. The number of Topliss-reactive ketones (excluding diaryl/α,β-unsaturated/α-hetero) is 2. The molecule has 5 nitrogen and oxygen atoms in total. The van der Waals surface area contributed by atoms with Crippen molar-refractivity contribution in [2.45, 2.75) is 64.4 Å². The minimum absolute atomic E-state index is 0.0988. The van der Waals surface area contributed by atoms with Gasteiger partial charge in [0.25, 0.3) is 0 Å². The molecule has 0 amide bonds. The molecule has 0 aromatic rings. The molecule has 0 aliphatic heterocycles. The third-order valence-corrected chi connectivity index (χ3v) is 8.41. The van der Waals surface area contributed by atoms with Gasteiger partial charge in [-0.3, -0.25) is 14.4 Å². The Morgan fingerprint density at radius 2 is 1.92 bits per heavy atom. The van der Waals surface area contributed by atoms with Gasteiger partial charge in [0.05, 0.1) is 0 Å². The first-order valence-electron chi connectivity index (χ1n) is 9.80. The van der Waals surface area contributed by atoms with Crippen molar-refractivity contribution in [1.29, 1.82) is 0 Å². The van der Waals surface area contributed by atoms with Crippen LogP contribution in [0.4, 0.5) is 0 Å². The highest BCUT2D eigenvalue weighted by molar-refractivity contribution is 5.94. The van der Waals surface area contributed by atoms with Crippen molar-refractivity contribution in [3.8, 4) is 0 Å². The summed E-state index contributed by atoms with van der Waals surface area (Å²) in [6.45, 7) is 3.31. The molecular formula is C21H28O5. The van der Waals surface area contributed by atoms with E-state index in [0.717, 1.165) is 18.4 Å². The van der Waals surface area contributed by atoms with Gasteiger partial charge in [-0.05, 0) is 55.4 Å². The Morgan fingerprint density at radius 1 is 1.19 bits per heavy atom. The quantitative estimate of drug-likeness (QED) is 0.731. The molecule has 4 rings (SSSR count). The van der Waals surface area contributed by atoms with Crippen molar-refractivity contribution in [1.82, 2.24) is 0 Å². The number of hydrogen-bond acceptors (Lipinski definition) is 5. The predicted octanol–water partition coefficient (Wildman–Crippen LogP) is 1.99. The summed E-state index contributed by atoms with van der Waals surface area (Å²) in [5, 5.41) is 20.5. The second-order valence-corrected chi connectivity index (χ2v) is 9.38. The molecular weight excluding hydrogens is 336 g/mol. The lowest BCUT2D eigenvalue weighted by molar-refractivity contribution is -0.170. The number of carbonyl (C=O) groups is 3. The molecule has 5 heteroatoms. The second kappa shape index (κ2) is 5.59. The maximum absolute atomic E-state index is 13.3. The van der Waals surface area contributed by atoms with E-state index in [1.165, 1.54) is 0 Å². The monoisotopic (exact) mass is 364 g/mol. The Morgan fingerprint density at radius 3 is 2.62 bits per heavy atom. The van der Waals surface area contributed by atoms with Crippen LogP contribution in [-0.4, -0.2) is 39.8 Å². The smallest absolute Gasteiger partial charge is 0.190 e. The van der Waals surface area contributed by atoms with Gasteiger partial charge in [0, 0.05) is 24.2 Å².